The van der Waals surface area contributed by atoms with E-state index in [-0.39, 0.29) is 25.2 Å². The predicted molar refractivity (Wildman–Crippen MR) is 138 cm³/mol. The number of thiophene rings is 1. The predicted octanol–water partition coefficient (Wildman–Crippen LogP) is 6.17. The second kappa shape index (κ2) is 11.4. The number of carbonyl (C=O) groups excluding carboxylic acids is 1. The number of carbonyl (C=O) groups is 1. The van der Waals surface area contributed by atoms with Crippen molar-refractivity contribution in [1.29, 1.82) is 0 Å². The number of aromatic nitrogens is 2. The molecule has 0 amide bonds. The van der Waals surface area contributed by atoms with Crippen LogP contribution in [0.15, 0.2) is 57.9 Å². The van der Waals surface area contributed by atoms with E-state index in [9.17, 15) is 4.79 Å². The van der Waals surface area contributed by atoms with Crippen LogP contribution in [0, 0.1) is 0 Å². The zero-order valence-electron chi connectivity index (χ0n) is 19.6. The van der Waals surface area contributed by atoms with Crippen LogP contribution in [0.25, 0.3) is 20.9 Å². The Kier molecular flexibility index (Phi) is 7.84. The molecule has 1 aromatic carbocycles. The quantitative estimate of drug-likeness (QED) is 0.220. The lowest BCUT2D eigenvalue weighted by Gasteiger charge is -2.25. The van der Waals surface area contributed by atoms with Crippen LogP contribution in [-0.4, -0.2) is 41.5 Å². The molecular weight excluding hydrogens is 548 g/mol. The first-order valence-electron chi connectivity index (χ1n) is 11.8. The zero-order chi connectivity index (χ0) is 24.9. The molecular formula is C26H25BrN2O6S. The van der Waals surface area contributed by atoms with Crippen LogP contribution < -0.4 is 9.47 Å². The summed E-state index contributed by atoms with van der Waals surface area (Å²) in [5.41, 5.74) is 0.815. The topological polar surface area (TPSA) is 92.9 Å². The maximum absolute atomic E-state index is 13.0. The van der Waals surface area contributed by atoms with E-state index in [4.69, 9.17) is 23.4 Å². The molecule has 1 fully saturated rings. The first kappa shape index (κ1) is 24.7. The summed E-state index contributed by atoms with van der Waals surface area (Å²) < 4.78 is 29.8. The number of fused-ring (bicyclic) bond motifs is 1. The normalized spacial score (nSPS) is 16.6. The highest BCUT2D eigenvalue weighted by atomic mass is 79.9. The molecule has 0 N–H and O–H groups in total. The van der Waals surface area contributed by atoms with Crippen LogP contribution in [0.5, 0.6) is 11.6 Å². The van der Waals surface area contributed by atoms with Crippen LogP contribution >= 0.6 is 27.3 Å². The molecule has 36 heavy (non-hydrogen) atoms. The molecule has 3 aromatic heterocycles. The first-order valence-corrected chi connectivity index (χ1v) is 13.4. The average Bonchev–Trinajstić information content (AvgIpc) is 3.54. The van der Waals surface area contributed by atoms with Crippen LogP contribution in [0.3, 0.4) is 0 Å². The molecule has 1 aliphatic rings. The third-order valence-electron chi connectivity index (χ3n) is 5.72. The molecule has 0 saturated carbocycles. The van der Waals surface area contributed by atoms with Gasteiger partial charge < -0.3 is 23.4 Å². The van der Waals surface area contributed by atoms with Gasteiger partial charge in [0.1, 0.15) is 22.7 Å². The van der Waals surface area contributed by atoms with E-state index >= 15 is 0 Å². The molecule has 0 aliphatic carbocycles. The van der Waals surface area contributed by atoms with Crippen molar-refractivity contribution in [2.24, 2.45) is 0 Å². The van der Waals surface area contributed by atoms with Gasteiger partial charge in [0.05, 0.1) is 34.2 Å². The smallest absolute Gasteiger partial charge is 0.347 e. The van der Waals surface area contributed by atoms with Crippen LogP contribution in [-0.2, 0) is 20.7 Å². The number of furan rings is 1. The number of hydrogen-bond donors (Lipinski definition) is 0. The Labute approximate surface area is 220 Å². The molecule has 1 unspecified atom stereocenters. The van der Waals surface area contributed by atoms with Crippen molar-refractivity contribution in [3.8, 4) is 22.3 Å². The molecule has 10 heteroatoms. The molecule has 8 nitrogen and oxygen atoms in total. The highest BCUT2D eigenvalue weighted by Gasteiger charge is 2.28. The SMILES string of the molecule is CCOC(=O)[C@@H](Cc1ccccc1OC1CCCCO1)Oc1ncnc2sc(-c3ccco3)c(Br)c12. The van der Waals surface area contributed by atoms with Crippen molar-refractivity contribution < 1.29 is 28.2 Å². The highest BCUT2D eigenvalue weighted by molar-refractivity contribution is 9.10. The molecule has 0 spiro atoms. The van der Waals surface area contributed by atoms with Gasteiger partial charge in [-0.15, -0.1) is 11.3 Å². The lowest BCUT2D eigenvalue weighted by Crippen LogP contribution is -2.32. The van der Waals surface area contributed by atoms with Crippen molar-refractivity contribution in [1.82, 2.24) is 9.97 Å². The second-order valence-corrected chi connectivity index (χ2v) is 9.96. The Balaban J connectivity index is 1.45. The van der Waals surface area contributed by atoms with E-state index in [0.717, 1.165) is 34.2 Å². The highest BCUT2D eigenvalue weighted by Crippen LogP contribution is 2.44. The summed E-state index contributed by atoms with van der Waals surface area (Å²) in [5, 5.41) is 0.670. The molecule has 4 heterocycles. The third-order valence-corrected chi connectivity index (χ3v) is 7.89. The van der Waals surface area contributed by atoms with Gasteiger partial charge in [0.25, 0.3) is 0 Å². The standard InChI is InChI=1S/C26H25BrN2O6S/c1-2-31-26(30)19(14-16-8-3-4-9-17(16)34-20-11-5-6-12-33-20)35-24-21-22(27)23(18-10-7-13-32-18)36-25(21)29-15-28-24/h3-4,7-10,13,15,19-20H,2,5-6,11-12,14H2,1H3/t19-,20?/m1/s1. The van der Waals surface area contributed by atoms with Crippen LogP contribution in [0.4, 0.5) is 0 Å². The number of esters is 1. The summed E-state index contributed by atoms with van der Waals surface area (Å²) in [6.07, 6.45) is 4.95. The van der Waals surface area contributed by atoms with E-state index in [1.54, 1.807) is 13.2 Å². The number of benzene rings is 1. The fourth-order valence-electron chi connectivity index (χ4n) is 4.01. The van der Waals surface area contributed by atoms with Crippen molar-refractivity contribution >= 4 is 43.5 Å². The first-order chi connectivity index (χ1) is 17.6. The largest absolute Gasteiger partial charge is 0.465 e. The van der Waals surface area contributed by atoms with Crippen molar-refractivity contribution in [2.75, 3.05) is 13.2 Å². The minimum absolute atomic E-state index is 0.233. The van der Waals surface area contributed by atoms with E-state index in [2.05, 4.69) is 25.9 Å². The van der Waals surface area contributed by atoms with Gasteiger partial charge in [-0.25, -0.2) is 14.8 Å². The zero-order valence-corrected chi connectivity index (χ0v) is 22.0. The molecule has 1 aliphatic heterocycles. The lowest BCUT2D eigenvalue weighted by molar-refractivity contribution is -0.151. The average molecular weight is 573 g/mol. The summed E-state index contributed by atoms with van der Waals surface area (Å²) >= 11 is 5.10. The van der Waals surface area contributed by atoms with Crippen molar-refractivity contribution in [3.05, 3.63) is 59.0 Å². The maximum Gasteiger partial charge on any atom is 0.347 e. The fraction of sp³-hybridized carbons (Fsp3) is 0.346. The van der Waals surface area contributed by atoms with E-state index in [1.165, 1.54) is 17.7 Å². The molecule has 1 saturated heterocycles. The Morgan fingerprint density at radius 1 is 1.22 bits per heavy atom. The van der Waals surface area contributed by atoms with Crippen LogP contribution in [0.1, 0.15) is 31.7 Å². The monoisotopic (exact) mass is 572 g/mol. The summed E-state index contributed by atoms with van der Waals surface area (Å²) in [6, 6.07) is 11.3. The summed E-state index contributed by atoms with van der Waals surface area (Å²) in [5.74, 6) is 1.17. The van der Waals surface area contributed by atoms with Gasteiger partial charge in [-0.1, -0.05) is 18.2 Å². The molecule has 0 bridgehead atoms. The molecule has 2 atom stereocenters. The fourth-order valence-corrected chi connectivity index (χ4v) is 5.93. The number of ether oxygens (including phenoxy) is 4. The maximum atomic E-state index is 13.0. The number of nitrogens with zero attached hydrogens (tertiary/aromatic N) is 2. The number of para-hydroxylation sites is 1. The summed E-state index contributed by atoms with van der Waals surface area (Å²) in [7, 11) is 0. The van der Waals surface area contributed by atoms with Gasteiger partial charge in [0, 0.05) is 12.8 Å². The third kappa shape index (κ3) is 5.40. The van der Waals surface area contributed by atoms with Gasteiger partial charge in [-0.05, 0) is 59.5 Å². The van der Waals surface area contributed by atoms with E-state index in [1.807, 2.05) is 36.4 Å². The molecule has 4 aromatic rings. The minimum Gasteiger partial charge on any atom is -0.465 e. The Bertz CT molecular complexity index is 1320. The molecule has 0 radical (unpaired) electrons. The van der Waals surface area contributed by atoms with Gasteiger partial charge in [0.2, 0.25) is 12.0 Å². The van der Waals surface area contributed by atoms with E-state index < -0.39 is 12.1 Å². The second-order valence-electron chi connectivity index (χ2n) is 8.17. The van der Waals surface area contributed by atoms with Gasteiger partial charge >= 0.3 is 5.97 Å². The summed E-state index contributed by atoms with van der Waals surface area (Å²) in [4.78, 5) is 23.3. The number of hydrogen-bond acceptors (Lipinski definition) is 9. The van der Waals surface area contributed by atoms with Gasteiger partial charge in [-0.3, -0.25) is 0 Å². The molecule has 5 rings (SSSR count). The van der Waals surface area contributed by atoms with Gasteiger partial charge in [0.15, 0.2) is 6.29 Å². The van der Waals surface area contributed by atoms with E-state index in [0.29, 0.717) is 28.3 Å². The van der Waals surface area contributed by atoms with Crippen molar-refractivity contribution in [2.45, 2.75) is 45.0 Å². The minimum atomic E-state index is -0.945. The van der Waals surface area contributed by atoms with Gasteiger partial charge in [-0.2, -0.15) is 0 Å². The summed E-state index contributed by atoms with van der Waals surface area (Å²) in [6.45, 7) is 2.68. The molecule has 188 valence electrons. The Morgan fingerprint density at radius 2 is 2.11 bits per heavy atom. The number of halogens is 1. The number of rotatable bonds is 9. The Morgan fingerprint density at radius 3 is 2.89 bits per heavy atom. The van der Waals surface area contributed by atoms with Crippen LogP contribution in [0.2, 0.25) is 0 Å². The Hall–Kier alpha value is -2.95. The lowest BCUT2D eigenvalue weighted by atomic mass is 10.1. The van der Waals surface area contributed by atoms with Crippen molar-refractivity contribution in [3.63, 3.8) is 0 Å².